The average molecular weight is 363 g/mol. The normalized spacial score (nSPS) is 22.3. The highest BCUT2D eigenvalue weighted by Gasteiger charge is 2.55. The van der Waals surface area contributed by atoms with Gasteiger partial charge < -0.3 is 10.2 Å². The van der Waals surface area contributed by atoms with Crippen LogP contribution in [0.25, 0.3) is 0 Å². The Morgan fingerprint density at radius 1 is 1.19 bits per heavy atom. The fourth-order valence-electron chi connectivity index (χ4n) is 3.64. The fraction of sp³-hybridized carbons (Fsp3) is 0.391. The van der Waals surface area contributed by atoms with Crippen molar-refractivity contribution < 1.29 is 9.59 Å². The van der Waals surface area contributed by atoms with Crippen LogP contribution in [0.3, 0.4) is 0 Å². The Hall–Kier alpha value is -2.46. The molecule has 141 valence electrons. The predicted octanol–water partition coefficient (Wildman–Crippen LogP) is 2.71. The zero-order valence-corrected chi connectivity index (χ0v) is 16.2. The van der Waals surface area contributed by atoms with E-state index in [0.717, 1.165) is 18.4 Å². The molecule has 0 heterocycles. The third-order valence-electron chi connectivity index (χ3n) is 5.77. The summed E-state index contributed by atoms with van der Waals surface area (Å²) in [5.41, 5.74) is 2.89. The van der Waals surface area contributed by atoms with Gasteiger partial charge in [-0.1, -0.05) is 61.5 Å². The molecule has 1 N–H and O–H groups in total. The number of hydrogen-bond donors (Lipinski definition) is 1. The molecule has 1 aliphatic rings. The van der Waals surface area contributed by atoms with E-state index in [1.807, 2.05) is 50.7 Å². The molecule has 4 nitrogen and oxygen atoms in total. The molecule has 3 rings (SSSR count). The Balaban J connectivity index is 1.56. The van der Waals surface area contributed by atoms with Gasteiger partial charge in [-0.05, 0) is 38.1 Å². The van der Waals surface area contributed by atoms with Gasteiger partial charge in [-0.3, -0.25) is 9.59 Å². The van der Waals surface area contributed by atoms with E-state index in [1.165, 1.54) is 5.56 Å². The molecule has 3 atom stereocenters. The fourth-order valence-corrected chi connectivity index (χ4v) is 3.64. The Morgan fingerprint density at radius 3 is 2.44 bits per heavy atom. The van der Waals surface area contributed by atoms with Gasteiger partial charge in [-0.2, -0.15) is 0 Å². The maximum atomic E-state index is 12.7. The highest BCUT2D eigenvalue weighted by molar-refractivity contribution is 5.84. The summed E-state index contributed by atoms with van der Waals surface area (Å²) in [6.45, 7) is 2.77. The van der Waals surface area contributed by atoms with Crippen molar-refractivity contribution in [2.24, 2.45) is 5.92 Å². The van der Waals surface area contributed by atoms with Gasteiger partial charge in [0.05, 0.1) is 0 Å². The number of likely N-dealkylation sites (N-methyl/N-ethyl adjacent to an activating group) is 1. The van der Waals surface area contributed by atoms with E-state index in [4.69, 9.17) is 0 Å². The van der Waals surface area contributed by atoms with Crippen LogP contribution >= 0.6 is 0 Å². The minimum absolute atomic E-state index is 0.0416. The van der Waals surface area contributed by atoms with Gasteiger partial charge in [0, 0.05) is 29.5 Å². The van der Waals surface area contributed by atoms with E-state index in [9.17, 15) is 9.59 Å². The minimum atomic E-state index is -0.0416. The van der Waals surface area contributed by atoms with Crippen LogP contribution in [0.1, 0.15) is 30.0 Å². The second-order valence-corrected chi connectivity index (χ2v) is 7.91. The Labute approximate surface area is 161 Å². The molecular weight excluding hydrogens is 336 g/mol. The van der Waals surface area contributed by atoms with Crippen LogP contribution in [0.4, 0.5) is 0 Å². The molecule has 4 heteroatoms. The first-order valence-electron chi connectivity index (χ1n) is 9.41. The second kappa shape index (κ2) is 8.05. The molecule has 0 aromatic heterocycles. The lowest BCUT2D eigenvalue weighted by Gasteiger charge is -2.25. The van der Waals surface area contributed by atoms with Gasteiger partial charge in [0.2, 0.25) is 12.2 Å². The van der Waals surface area contributed by atoms with Crippen LogP contribution in [0.2, 0.25) is 0 Å². The SMILES string of the molecule is CN(C)[C@H](CNC(=O)C1CC1(C)c1ccccc1)Cc1ccc([C]=O)cc1. The number of rotatable bonds is 8. The van der Waals surface area contributed by atoms with Crippen LogP contribution < -0.4 is 5.32 Å². The Kier molecular flexibility index (Phi) is 5.76. The largest absolute Gasteiger partial charge is 0.354 e. The summed E-state index contributed by atoms with van der Waals surface area (Å²) in [7, 11) is 4.05. The number of carbonyl (C=O) groups is 1. The van der Waals surface area contributed by atoms with Gasteiger partial charge in [-0.15, -0.1) is 0 Å². The highest BCUT2D eigenvalue weighted by Crippen LogP contribution is 2.53. The Morgan fingerprint density at radius 2 is 1.85 bits per heavy atom. The smallest absolute Gasteiger partial charge is 0.233 e. The molecule has 0 bridgehead atoms. The molecular formula is C23H27N2O2. The van der Waals surface area contributed by atoms with Gasteiger partial charge in [-0.25, -0.2) is 0 Å². The van der Waals surface area contributed by atoms with E-state index in [0.29, 0.717) is 12.1 Å². The first-order valence-corrected chi connectivity index (χ1v) is 9.41. The molecule has 0 spiro atoms. The summed E-state index contributed by atoms with van der Waals surface area (Å²) in [4.78, 5) is 25.5. The number of hydrogen-bond acceptors (Lipinski definition) is 3. The van der Waals surface area contributed by atoms with Crippen LogP contribution in [0.15, 0.2) is 54.6 Å². The Bertz CT molecular complexity index is 786. The molecule has 1 amide bonds. The van der Waals surface area contributed by atoms with Crippen molar-refractivity contribution in [3.05, 3.63) is 71.3 Å². The topological polar surface area (TPSA) is 49.4 Å². The molecule has 2 unspecified atom stereocenters. The summed E-state index contributed by atoms with van der Waals surface area (Å²) >= 11 is 0. The second-order valence-electron chi connectivity index (χ2n) is 7.91. The van der Waals surface area contributed by atoms with Crippen LogP contribution in [0, 0.1) is 5.92 Å². The van der Waals surface area contributed by atoms with Crippen LogP contribution in [0.5, 0.6) is 0 Å². The van der Waals surface area contributed by atoms with Crippen LogP contribution in [-0.4, -0.2) is 43.8 Å². The molecule has 1 saturated carbocycles. The van der Waals surface area contributed by atoms with Crippen molar-refractivity contribution in [2.45, 2.75) is 31.2 Å². The summed E-state index contributed by atoms with van der Waals surface area (Å²) in [5, 5.41) is 3.15. The van der Waals surface area contributed by atoms with Crippen molar-refractivity contribution in [1.82, 2.24) is 10.2 Å². The van der Waals surface area contributed by atoms with Crippen molar-refractivity contribution >= 4 is 12.2 Å². The predicted molar refractivity (Wildman–Crippen MR) is 107 cm³/mol. The monoisotopic (exact) mass is 363 g/mol. The van der Waals surface area contributed by atoms with Crippen molar-refractivity contribution in [1.29, 1.82) is 0 Å². The average Bonchev–Trinajstić information content (AvgIpc) is 3.39. The summed E-state index contributed by atoms with van der Waals surface area (Å²) in [5.74, 6) is 0.184. The van der Waals surface area contributed by atoms with E-state index in [-0.39, 0.29) is 23.3 Å². The third-order valence-corrected chi connectivity index (χ3v) is 5.77. The molecule has 1 aliphatic carbocycles. The lowest BCUT2D eigenvalue weighted by Crippen LogP contribution is -2.42. The first kappa shape index (κ1) is 19.3. The van der Waals surface area contributed by atoms with Crippen molar-refractivity contribution in [3.63, 3.8) is 0 Å². The molecule has 1 radical (unpaired) electrons. The number of nitrogens with one attached hydrogen (secondary N) is 1. The van der Waals surface area contributed by atoms with E-state index in [2.05, 4.69) is 29.3 Å². The number of carbonyl (C=O) groups excluding carboxylic acids is 2. The number of benzene rings is 2. The van der Waals surface area contributed by atoms with Crippen LogP contribution in [-0.2, 0) is 21.4 Å². The maximum Gasteiger partial charge on any atom is 0.233 e. The third kappa shape index (κ3) is 4.45. The lowest BCUT2D eigenvalue weighted by atomic mass is 9.95. The molecule has 1 fully saturated rings. The number of amides is 1. The summed E-state index contributed by atoms with van der Waals surface area (Å²) in [6, 6.07) is 17.9. The van der Waals surface area contributed by atoms with E-state index >= 15 is 0 Å². The first-order chi connectivity index (χ1) is 12.9. The maximum absolute atomic E-state index is 12.7. The summed E-state index contributed by atoms with van der Waals surface area (Å²) < 4.78 is 0. The van der Waals surface area contributed by atoms with Gasteiger partial charge in [0.1, 0.15) is 0 Å². The van der Waals surface area contributed by atoms with Gasteiger partial charge in [0.15, 0.2) is 0 Å². The standard InChI is InChI=1S/C23H27N2O2/c1-23(19-7-5-4-6-8-19)14-21(23)22(27)24-15-20(25(2)3)13-17-9-11-18(16-26)12-10-17/h4-12,20-21H,13-15H2,1-3H3,(H,24,27)/t20-,21?,23?/m0/s1. The molecule has 2 aromatic carbocycles. The minimum Gasteiger partial charge on any atom is -0.354 e. The molecule has 27 heavy (non-hydrogen) atoms. The zero-order chi connectivity index (χ0) is 19.4. The highest BCUT2D eigenvalue weighted by atomic mass is 16.2. The van der Waals surface area contributed by atoms with Crippen molar-refractivity contribution in [2.75, 3.05) is 20.6 Å². The van der Waals surface area contributed by atoms with E-state index < -0.39 is 0 Å². The molecule has 0 aliphatic heterocycles. The lowest BCUT2D eigenvalue weighted by molar-refractivity contribution is -0.122. The van der Waals surface area contributed by atoms with E-state index in [1.54, 1.807) is 12.1 Å². The molecule has 2 aromatic rings. The summed E-state index contributed by atoms with van der Waals surface area (Å²) in [6.07, 6.45) is 3.61. The zero-order valence-electron chi connectivity index (χ0n) is 16.2. The molecule has 0 saturated heterocycles. The van der Waals surface area contributed by atoms with Gasteiger partial charge >= 0.3 is 0 Å². The number of nitrogens with zero attached hydrogens (tertiary/aromatic N) is 1. The van der Waals surface area contributed by atoms with Crippen molar-refractivity contribution in [3.8, 4) is 0 Å². The quantitative estimate of drug-likeness (QED) is 0.785. The van der Waals surface area contributed by atoms with Gasteiger partial charge in [0.25, 0.3) is 0 Å².